The Morgan fingerprint density at radius 3 is 2.44 bits per heavy atom. The first-order valence-corrected chi connectivity index (χ1v) is 9.30. The lowest BCUT2D eigenvalue weighted by Crippen LogP contribution is -2.33. The zero-order valence-corrected chi connectivity index (χ0v) is 14.7. The summed E-state index contributed by atoms with van der Waals surface area (Å²) < 4.78 is 30.5. The van der Waals surface area contributed by atoms with E-state index < -0.39 is 21.3 Å². The van der Waals surface area contributed by atoms with Crippen LogP contribution in [-0.4, -0.2) is 26.0 Å². The number of sulfonamides is 1. The van der Waals surface area contributed by atoms with Gasteiger partial charge in [0.2, 0.25) is 15.9 Å². The van der Waals surface area contributed by atoms with Gasteiger partial charge in [0.1, 0.15) is 5.76 Å². The van der Waals surface area contributed by atoms with Crippen LogP contribution in [0.4, 0.5) is 5.69 Å². The highest BCUT2D eigenvalue weighted by molar-refractivity contribution is 7.94. The molecule has 0 unspecified atom stereocenters. The average Bonchev–Trinajstić information content (AvgIpc) is 3.10. The van der Waals surface area contributed by atoms with Gasteiger partial charge in [-0.05, 0) is 50.2 Å². The summed E-state index contributed by atoms with van der Waals surface area (Å²) in [7, 11) is -3.70. The van der Waals surface area contributed by atoms with E-state index in [1.807, 2.05) is 0 Å². The number of furan rings is 1. The van der Waals surface area contributed by atoms with Gasteiger partial charge in [0.15, 0.2) is 0 Å². The van der Waals surface area contributed by atoms with Gasteiger partial charge in [-0.15, -0.1) is 0 Å². The topological polar surface area (TPSA) is 96.7 Å². The number of carbonyl (C=O) groups excluding carboxylic acids is 2. The van der Waals surface area contributed by atoms with Crippen LogP contribution < -0.4 is 9.62 Å². The predicted octanol–water partition coefficient (Wildman–Crippen LogP) is 1.91. The van der Waals surface area contributed by atoms with E-state index in [0.29, 0.717) is 11.3 Å². The average molecular weight is 362 g/mol. The number of nitrogens with one attached hydrogen (secondary N) is 1. The van der Waals surface area contributed by atoms with Gasteiger partial charge in [-0.1, -0.05) is 0 Å². The van der Waals surface area contributed by atoms with E-state index in [-0.39, 0.29) is 23.9 Å². The van der Waals surface area contributed by atoms with Crippen molar-refractivity contribution in [3.8, 4) is 0 Å². The van der Waals surface area contributed by atoms with E-state index in [4.69, 9.17) is 4.42 Å². The van der Waals surface area contributed by atoms with E-state index in [2.05, 4.69) is 5.32 Å². The lowest BCUT2D eigenvalue weighted by molar-refractivity contribution is -0.123. The van der Waals surface area contributed by atoms with Crippen molar-refractivity contribution >= 4 is 27.5 Å². The van der Waals surface area contributed by atoms with E-state index in [9.17, 15) is 18.0 Å². The number of hydrogen-bond donors (Lipinski definition) is 1. The molecule has 0 aliphatic carbocycles. The Morgan fingerprint density at radius 2 is 1.92 bits per heavy atom. The summed E-state index contributed by atoms with van der Waals surface area (Å²) in [5, 5.41) is 2.70. The molecule has 1 aromatic heterocycles. The Hall–Kier alpha value is -2.61. The first-order valence-electron chi connectivity index (χ1n) is 7.69. The number of nitrogens with zero attached hydrogens (tertiary/aromatic N) is 1. The highest BCUT2D eigenvalue weighted by Crippen LogP contribution is 2.35. The second-order valence-electron chi connectivity index (χ2n) is 6.52. The van der Waals surface area contributed by atoms with Crippen LogP contribution in [0.15, 0.2) is 47.1 Å². The van der Waals surface area contributed by atoms with Gasteiger partial charge in [-0.25, -0.2) is 12.7 Å². The molecule has 1 N–H and O–H groups in total. The fraction of sp³-hybridized carbons (Fsp3) is 0.294. The lowest BCUT2D eigenvalue weighted by Gasteiger charge is -2.17. The molecule has 1 fully saturated rings. The number of anilines is 1. The van der Waals surface area contributed by atoms with Crippen molar-refractivity contribution in [3.63, 3.8) is 0 Å². The van der Waals surface area contributed by atoms with E-state index >= 15 is 0 Å². The molecule has 2 amide bonds. The molecule has 7 nitrogen and oxygen atoms in total. The highest BCUT2D eigenvalue weighted by Gasteiger charge is 2.49. The third-order valence-corrected chi connectivity index (χ3v) is 5.97. The van der Waals surface area contributed by atoms with Crippen LogP contribution in [0.1, 0.15) is 30.0 Å². The molecule has 25 heavy (non-hydrogen) atoms. The molecular formula is C17H18N2O5S. The van der Waals surface area contributed by atoms with Crippen molar-refractivity contribution in [2.24, 2.45) is 5.41 Å². The number of hydrogen-bond acceptors (Lipinski definition) is 5. The van der Waals surface area contributed by atoms with Crippen LogP contribution in [0.25, 0.3) is 0 Å². The third-order valence-electron chi connectivity index (χ3n) is 3.95. The van der Waals surface area contributed by atoms with Gasteiger partial charge >= 0.3 is 0 Å². The van der Waals surface area contributed by atoms with Crippen molar-refractivity contribution in [2.45, 2.75) is 20.4 Å². The molecule has 1 aromatic carbocycles. The Labute approximate surface area is 145 Å². The van der Waals surface area contributed by atoms with Gasteiger partial charge in [-0.2, -0.15) is 0 Å². The quantitative estimate of drug-likeness (QED) is 0.896. The van der Waals surface area contributed by atoms with Crippen LogP contribution >= 0.6 is 0 Å². The Bertz CT molecular complexity index is 899. The molecule has 1 aliphatic rings. The number of carbonyl (C=O) groups is 2. The fourth-order valence-corrected chi connectivity index (χ4v) is 4.80. The lowest BCUT2D eigenvalue weighted by atomic mass is 9.95. The molecular weight excluding hydrogens is 344 g/mol. The van der Waals surface area contributed by atoms with E-state index in [1.165, 1.54) is 30.5 Å². The second kappa shape index (κ2) is 6.03. The molecule has 0 radical (unpaired) electrons. The molecule has 1 saturated heterocycles. The minimum atomic E-state index is -3.70. The van der Waals surface area contributed by atoms with Gasteiger partial charge in [0, 0.05) is 5.56 Å². The summed E-state index contributed by atoms with van der Waals surface area (Å²) >= 11 is 0. The first kappa shape index (κ1) is 17.2. The van der Waals surface area contributed by atoms with E-state index in [1.54, 1.807) is 26.0 Å². The zero-order valence-electron chi connectivity index (χ0n) is 13.9. The van der Waals surface area contributed by atoms with Crippen molar-refractivity contribution in [1.82, 2.24) is 5.32 Å². The Kier molecular flexibility index (Phi) is 4.16. The maximum absolute atomic E-state index is 12.4. The minimum Gasteiger partial charge on any atom is -0.467 e. The Balaban J connectivity index is 1.76. The Morgan fingerprint density at radius 1 is 1.24 bits per heavy atom. The first-order chi connectivity index (χ1) is 11.7. The van der Waals surface area contributed by atoms with Crippen molar-refractivity contribution in [3.05, 3.63) is 54.0 Å². The van der Waals surface area contributed by atoms with Crippen molar-refractivity contribution in [2.75, 3.05) is 10.1 Å². The van der Waals surface area contributed by atoms with Gasteiger partial charge in [0.25, 0.3) is 5.91 Å². The number of benzene rings is 1. The van der Waals surface area contributed by atoms with Gasteiger partial charge in [-0.3, -0.25) is 9.59 Å². The smallest absolute Gasteiger partial charge is 0.251 e. The molecule has 0 bridgehead atoms. The summed E-state index contributed by atoms with van der Waals surface area (Å²) in [6.07, 6.45) is 1.52. The summed E-state index contributed by atoms with van der Waals surface area (Å²) in [6.45, 7) is 3.45. The largest absolute Gasteiger partial charge is 0.467 e. The molecule has 1 aliphatic heterocycles. The van der Waals surface area contributed by atoms with Crippen LogP contribution in [0.2, 0.25) is 0 Å². The summed E-state index contributed by atoms with van der Waals surface area (Å²) in [6, 6.07) is 9.36. The monoisotopic (exact) mass is 362 g/mol. The third kappa shape index (κ3) is 3.30. The molecule has 2 heterocycles. The molecule has 2 aromatic rings. The van der Waals surface area contributed by atoms with E-state index in [0.717, 1.165) is 4.31 Å². The minimum absolute atomic E-state index is 0.232. The SMILES string of the molecule is CC1(C)CS(=O)(=O)N(c2ccc(C(=O)NCc3ccco3)cc2)C1=O. The maximum Gasteiger partial charge on any atom is 0.251 e. The van der Waals surface area contributed by atoms with Crippen LogP contribution in [-0.2, 0) is 21.4 Å². The maximum atomic E-state index is 12.4. The molecule has 0 atom stereocenters. The molecule has 8 heteroatoms. The summed E-state index contributed by atoms with van der Waals surface area (Å²) in [5.74, 6) is -0.396. The van der Waals surface area contributed by atoms with Crippen LogP contribution in [0.5, 0.6) is 0 Å². The van der Waals surface area contributed by atoms with Gasteiger partial charge < -0.3 is 9.73 Å². The van der Waals surface area contributed by atoms with Crippen molar-refractivity contribution in [1.29, 1.82) is 0 Å². The normalized spacial score (nSPS) is 18.3. The van der Waals surface area contributed by atoms with Gasteiger partial charge in [0.05, 0.1) is 29.7 Å². The summed E-state index contributed by atoms with van der Waals surface area (Å²) in [4.78, 5) is 24.5. The molecule has 0 saturated carbocycles. The second-order valence-corrected chi connectivity index (χ2v) is 8.34. The molecule has 132 valence electrons. The van der Waals surface area contributed by atoms with Crippen LogP contribution in [0, 0.1) is 5.41 Å². The number of rotatable bonds is 4. The van der Waals surface area contributed by atoms with Crippen LogP contribution in [0.3, 0.4) is 0 Å². The summed E-state index contributed by atoms with van der Waals surface area (Å²) in [5.41, 5.74) is -0.366. The highest BCUT2D eigenvalue weighted by atomic mass is 32.2. The molecule has 0 spiro atoms. The number of amides is 2. The fourth-order valence-electron chi connectivity index (χ4n) is 2.69. The molecule has 3 rings (SSSR count). The van der Waals surface area contributed by atoms with Crippen molar-refractivity contribution < 1.29 is 22.4 Å². The zero-order chi connectivity index (χ0) is 18.2. The standard InChI is InChI=1S/C17H18N2O5S/c1-17(2)11-25(22,23)19(16(17)21)13-7-5-12(6-8-13)15(20)18-10-14-4-3-9-24-14/h3-9H,10-11H2,1-2H3,(H,18,20). The predicted molar refractivity (Wildman–Crippen MR) is 91.4 cm³/mol.